The minimum absolute atomic E-state index is 0.261. The van der Waals surface area contributed by atoms with Crippen LogP contribution < -0.4 is 15.8 Å². The second-order valence-corrected chi connectivity index (χ2v) is 6.47. The number of ether oxygens (including phenoxy) is 2. The van der Waals surface area contributed by atoms with E-state index in [4.69, 9.17) is 15.2 Å². The van der Waals surface area contributed by atoms with Crippen LogP contribution in [0.4, 0.5) is 0 Å². The fourth-order valence-corrected chi connectivity index (χ4v) is 2.85. The maximum Gasteiger partial charge on any atom is 0.252 e. The monoisotopic (exact) mass is 386 g/mol. The number of carbonyl (C=O) groups excluding carboxylic acids is 1. The molecule has 6 nitrogen and oxygen atoms in total. The van der Waals surface area contributed by atoms with Crippen LogP contribution in [0, 0.1) is 0 Å². The normalized spacial score (nSPS) is 11.9. The molecule has 0 saturated carbocycles. The lowest BCUT2D eigenvalue weighted by Crippen LogP contribution is -2.23. The van der Waals surface area contributed by atoms with Gasteiger partial charge in [-0.25, -0.2) is 0 Å². The number of aryl methyl sites for hydroxylation is 1. The van der Waals surface area contributed by atoms with E-state index in [1.165, 1.54) is 5.56 Å². The molecule has 0 radical (unpaired) electrons. The molecule has 1 atom stereocenters. The summed E-state index contributed by atoms with van der Waals surface area (Å²) in [6.07, 6.45) is 1.24. The number of aliphatic hydroxyl groups is 1. The number of carbonyl (C=O) groups is 1. The first-order valence-corrected chi connectivity index (χ1v) is 9.68. The lowest BCUT2D eigenvalue weighted by atomic mass is 10.0. The average Bonchev–Trinajstić information content (AvgIpc) is 2.71. The van der Waals surface area contributed by atoms with Crippen molar-refractivity contribution in [3.05, 3.63) is 65.2 Å². The number of rotatable bonds is 13. The molecule has 0 heterocycles. The van der Waals surface area contributed by atoms with Gasteiger partial charge in [0.15, 0.2) is 0 Å². The van der Waals surface area contributed by atoms with Crippen LogP contribution in [0.2, 0.25) is 0 Å². The zero-order valence-corrected chi connectivity index (χ0v) is 16.4. The van der Waals surface area contributed by atoms with Gasteiger partial charge < -0.3 is 25.6 Å². The summed E-state index contributed by atoms with van der Waals surface area (Å²) < 4.78 is 10.8. The van der Waals surface area contributed by atoms with Crippen molar-refractivity contribution in [1.29, 1.82) is 0 Å². The molecule has 1 unspecified atom stereocenters. The Kier molecular flexibility index (Phi) is 9.48. The van der Waals surface area contributed by atoms with Gasteiger partial charge in [0.05, 0.1) is 18.3 Å². The predicted octanol–water partition coefficient (Wildman–Crippen LogP) is 2.46. The van der Waals surface area contributed by atoms with Crippen molar-refractivity contribution in [3.63, 3.8) is 0 Å². The van der Waals surface area contributed by atoms with Crippen LogP contribution in [0.15, 0.2) is 48.5 Å². The van der Waals surface area contributed by atoms with Gasteiger partial charge in [-0.15, -0.1) is 0 Å². The van der Waals surface area contributed by atoms with Gasteiger partial charge in [0.1, 0.15) is 12.4 Å². The number of nitrogens with one attached hydrogen (secondary N) is 1. The molecule has 2 aromatic rings. The number of aliphatic hydroxyl groups excluding tert-OH is 1. The molecule has 2 rings (SSSR count). The van der Waals surface area contributed by atoms with Gasteiger partial charge in [0.25, 0.3) is 5.91 Å². The minimum atomic E-state index is -0.729. The van der Waals surface area contributed by atoms with Crippen LogP contribution in [0.5, 0.6) is 5.75 Å². The van der Waals surface area contributed by atoms with Crippen LogP contribution >= 0.6 is 0 Å². The second kappa shape index (κ2) is 12.1. The van der Waals surface area contributed by atoms with Crippen molar-refractivity contribution in [1.82, 2.24) is 5.32 Å². The molecule has 0 aromatic heterocycles. The fraction of sp³-hybridized carbons (Fsp3) is 0.409. The summed E-state index contributed by atoms with van der Waals surface area (Å²) in [6, 6.07) is 15.3. The lowest BCUT2D eigenvalue weighted by molar-refractivity contribution is 0.0978. The Balaban J connectivity index is 1.82. The molecule has 2 aromatic carbocycles. The SMILES string of the molecule is CCOCCOc1ccc(C(O)CNCCCc2ccccc2)cc1C(N)=O. The molecule has 6 heteroatoms. The maximum absolute atomic E-state index is 11.7. The second-order valence-electron chi connectivity index (χ2n) is 6.47. The van der Waals surface area contributed by atoms with Crippen molar-refractivity contribution in [3.8, 4) is 5.75 Å². The molecular formula is C22H30N2O4. The van der Waals surface area contributed by atoms with E-state index in [0.717, 1.165) is 19.4 Å². The van der Waals surface area contributed by atoms with E-state index in [-0.39, 0.29) is 5.56 Å². The maximum atomic E-state index is 11.7. The van der Waals surface area contributed by atoms with Crippen molar-refractivity contribution >= 4 is 5.91 Å². The zero-order chi connectivity index (χ0) is 20.2. The first kappa shape index (κ1) is 21.9. The summed E-state index contributed by atoms with van der Waals surface area (Å²) in [5, 5.41) is 13.7. The van der Waals surface area contributed by atoms with Gasteiger partial charge in [-0.2, -0.15) is 0 Å². The summed E-state index contributed by atoms with van der Waals surface area (Å²) in [4.78, 5) is 11.7. The number of primary amides is 1. The summed E-state index contributed by atoms with van der Waals surface area (Å²) in [6.45, 7) is 4.48. The van der Waals surface area contributed by atoms with Crippen molar-refractivity contribution in [2.45, 2.75) is 25.9 Å². The molecule has 0 saturated heterocycles. The van der Waals surface area contributed by atoms with Crippen LogP contribution in [0.1, 0.15) is 40.9 Å². The average molecular weight is 386 g/mol. The summed E-state index contributed by atoms with van der Waals surface area (Å²) in [5.41, 5.74) is 7.65. The van der Waals surface area contributed by atoms with Crippen molar-refractivity contribution < 1.29 is 19.4 Å². The fourth-order valence-electron chi connectivity index (χ4n) is 2.85. The molecule has 28 heavy (non-hydrogen) atoms. The number of benzene rings is 2. The quantitative estimate of drug-likeness (QED) is 0.460. The molecule has 0 aliphatic carbocycles. The Morgan fingerprint density at radius 2 is 1.96 bits per heavy atom. The molecule has 0 fully saturated rings. The highest BCUT2D eigenvalue weighted by Gasteiger charge is 2.14. The van der Waals surface area contributed by atoms with Crippen LogP contribution in [0.25, 0.3) is 0 Å². The first-order chi connectivity index (χ1) is 13.6. The molecule has 152 valence electrons. The van der Waals surface area contributed by atoms with E-state index in [9.17, 15) is 9.90 Å². The van der Waals surface area contributed by atoms with E-state index in [0.29, 0.717) is 37.7 Å². The third kappa shape index (κ3) is 7.31. The molecule has 0 aliphatic rings. The highest BCUT2D eigenvalue weighted by molar-refractivity contribution is 5.95. The number of amides is 1. The van der Waals surface area contributed by atoms with Crippen molar-refractivity contribution in [2.75, 3.05) is 32.9 Å². The van der Waals surface area contributed by atoms with Gasteiger partial charge in [-0.1, -0.05) is 36.4 Å². The van der Waals surface area contributed by atoms with E-state index >= 15 is 0 Å². The molecule has 0 bridgehead atoms. The third-order valence-electron chi connectivity index (χ3n) is 4.34. The predicted molar refractivity (Wildman–Crippen MR) is 110 cm³/mol. The molecule has 1 amide bonds. The Bertz CT molecular complexity index is 722. The Morgan fingerprint density at radius 3 is 2.68 bits per heavy atom. The number of nitrogens with two attached hydrogens (primary N) is 1. The Morgan fingerprint density at radius 1 is 1.18 bits per heavy atom. The summed E-state index contributed by atoms with van der Waals surface area (Å²) >= 11 is 0. The zero-order valence-electron chi connectivity index (χ0n) is 16.4. The molecular weight excluding hydrogens is 356 g/mol. The third-order valence-corrected chi connectivity index (χ3v) is 4.34. The van der Waals surface area contributed by atoms with E-state index < -0.39 is 12.0 Å². The molecule has 0 spiro atoms. The van der Waals surface area contributed by atoms with E-state index in [2.05, 4.69) is 17.4 Å². The number of hydrogen-bond donors (Lipinski definition) is 3. The van der Waals surface area contributed by atoms with Gasteiger partial charge in [-0.05, 0) is 49.6 Å². The van der Waals surface area contributed by atoms with Crippen LogP contribution in [-0.4, -0.2) is 43.9 Å². The highest BCUT2D eigenvalue weighted by atomic mass is 16.5. The molecule has 4 N–H and O–H groups in total. The minimum Gasteiger partial charge on any atom is -0.490 e. The highest BCUT2D eigenvalue weighted by Crippen LogP contribution is 2.23. The van der Waals surface area contributed by atoms with E-state index in [1.807, 2.05) is 25.1 Å². The lowest BCUT2D eigenvalue weighted by Gasteiger charge is -2.15. The standard InChI is InChI=1S/C22H30N2O4/c1-2-27-13-14-28-21-11-10-18(15-19(21)22(23)26)20(25)16-24-12-6-9-17-7-4-3-5-8-17/h3-5,7-8,10-11,15,20,24-25H,2,6,9,12-14,16H2,1H3,(H2,23,26). The summed E-state index contributed by atoms with van der Waals surface area (Å²) in [7, 11) is 0. The smallest absolute Gasteiger partial charge is 0.252 e. The topological polar surface area (TPSA) is 93.8 Å². The van der Waals surface area contributed by atoms with Gasteiger partial charge in [-0.3, -0.25) is 4.79 Å². The molecule has 0 aliphatic heterocycles. The van der Waals surface area contributed by atoms with Gasteiger partial charge >= 0.3 is 0 Å². The van der Waals surface area contributed by atoms with Crippen molar-refractivity contribution in [2.24, 2.45) is 5.73 Å². The van der Waals surface area contributed by atoms with Crippen LogP contribution in [-0.2, 0) is 11.2 Å². The van der Waals surface area contributed by atoms with Crippen LogP contribution in [0.3, 0.4) is 0 Å². The first-order valence-electron chi connectivity index (χ1n) is 9.68. The summed E-state index contributed by atoms with van der Waals surface area (Å²) in [5.74, 6) is -0.185. The number of hydrogen-bond acceptors (Lipinski definition) is 5. The van der Waals surface area contributed by atoms with Gasteiger partial charge in [0, 0.05) is 13.2 Å². The Labute approximate surface area is 166 Å². The Hall–Kier alpha value is -2.41. The van der Waals surface area contributed by atoms with E-state index in [1.54, 1.807) is 18.2 Å². The largest absolute Gasteiger partial charge is 0.490 e. The van der Waals surface area contributed by atoms with Gasteiger partial charge in [0.2, 0.25) is 0 Å².